The largest absolute Gasteiger partial charge is 0.365 e. The van der Waals surface area contributed by atoms with Gasteiger partial charge in [-0.2, -0.15) is 0 Å². The van der Waals surface area contributed by atoms with Gasteiger partial charge in [-0.3, -0.25) is 4.79 Å². The molecule has 5 nitrogen and oxygen atoms in total. The van der Waals surface area contributed by atoms with E-state index in [-0.39, 0.29) is 23.4 Å². The van der Waals surface area contributed by atoms with Crippen molar-refractivity contribution in [2.24, 2.45) is 11.3 Å². The maximum absolute atomic E-state index is 13.2. The predicted molar refractivity (Wildman–Crippen MR) is 109 cm³/mol. The standard InChI is InChI=1S/C23H24N4O/c1-23(2)13-17-19(18(28)14-23)21(16-11-7-4-8-12-16)27-22(24-17)20(25-26-27)15-9-5-3-6-10-15/h3-12,17,19,21,24H,13-14H2,1-2H3. The molecule has 1 N–H and O–H groups in total. The Bertz CT molecular complexity index is 1010. The molecule has 0 saturated heterocycles. The van der Waals surface area contributed by atoms with Crippen molar-refractivity contribution < 1.29 is 4.79 Å². The minimum absolute atomic E-state index is 0.00494. The lowest BCUT2D eigenvalue weighted by molar-refractivity contribution is -0.130. The quantitative estimate of drug-likeness (QED) is 0.727. The minimum Gasteiger partial charge on any atom is -0.365 e. The van der Waals surface area contributed by atoms with Crippen molar-refractivity contribution in [1.29, 1.82) is 0 Å². The Morgan fingerprint density at radius 2 is 1.71 bits per heavy atom. The molecule has 0 radical (unpaired) electrons. The second-order valence-electron chi connectivity index (χ2n) is 8.74. The number of rotatable bonds is 2. The fourth-order valence-corrected chi connectivity index (χ4v) is 4.88. The van der Waals surface area contributed by atoms with E-state index in [1.807, 2.05) is 53.2 Å². The first-order valence-electron chi connectivity index (χ1n) is 9.88. The number of ketones is 1. The normalized spacial score (nSPS) is 25.5. The third kappa shape index (κ3) is 2.73. The van der Waals surface area contributed by atoms with Crippen molar-refractivity contribution in [2.45, 2.75) is 38.8 Å². The summed E-state index contributed by atoms with van der Waals surface area (Å²) < 4.78 is 1.93. The lowest BCUT2D eigenvalue weighted by Gasteiger charge is -2.46. The van der Waals surface area contributed by atoms with Gasteiger partial charge in [0.1, 0.15) is 11.5 Å². The fraction of sp³-hybridized carbons (Fsp3) is 0.348. The highest BCUT2D eigenvalue weighted by Crippen LogP contribution is 2.48. The summed E-state index contributed by atoms with van der Waals surface area (Å²) >= 11 is 0. The van der Waals surface area contributed by atoms with Crippen LogP contribution in [0.5, 0.6) is 0 Å². The monoisotopic (exact) mass is 372 g/mol. The van der Waals surface area contributed by atoms with Crippen molar-refractivity contribution in [1.82, 2.24) is 15.0 Å². The zero-order valence-electron chi connectivity index (χ0n) is 16.2. The highest BCUT2D eigenvalue weighted by molar-refractivity contribution is 5.86. The van der Waals surface area contributed by atoms with Gasteiger partial charge in [0.2, 0.25) is 0 Å². The highest BCUT2D eigenvalue weighted by Gasteiger charge is 2.49. The molecule has 1 fully saturated rings. The van der Waals surface area contributed by atoms with E-state index in [9.17, 15) is 4.79 Å². The summed E-state index contributed by atoms with van der Waals surface area (Å²) in [5.41, 5.74) is 2.98. The van der Waals surface area contributed by atoms with Crippen LogP contribution in [0, 0.1) is 11.3 Å². The van der Waals surface area contributed by atoms with Crippen LogP contribution in [0.1, 0.15) is 38.3 Å². The zero-order valence-corrected chi connectivity index (χ0v) is 16.2. The first kappa shape index (κ1) is 17.2. The Labute approximate surface area is 164 Å². The molecule has 0 amide bonds. The molecule has 0 bridgehead atoms. The number of fused-ring (bicyclic) bond motifs is 2. The predicted octanol–water partition coefficient (Wildman–Crippen LogP) is 4.33. The first-order valence-corrected chi connectivity index (χ1v) is 9.88. The van der Waals surface area contributed by atoms with Crippen molar-refractivity contribution in [2.75, 3.05) is 5.32 Å². The Kier molecular flexibility index (Phi) is 3.86. The van der Waals surface area contributed by atoms with Crippen LogP contribution in [-0.4, -0.2) is 26.8 Å². The Balaban J connectivity index is 1.68. The van der Waals surface area contributed by atoms with E-state index in [1.54, 1.807) is 0 Å². The van der Waals surface area contributed by atoms with E-state index in [0.717, 1.165) is 29.1 Å². The molecular formula is C23H24N4O. The molecule has 1 aliphatic carbocycles. The summed E-state index contributed by atoms with van der Waals surface area (Å²) in [6.07, 6.45) is 1.56. The number of aromatic nitrogens is 3. The van der Waals surface area contributed by atoms with Gasteiger partial charge in [-0.05, 0) is 17.4 Å². The van der Waals surface area contributed by atoms with Gasteiger partial charge in [0, 0.05) is 18.0 Å². The molecule has 1 saturated carbocycles. The van der Waals surface area contributed by atoms with Gasteiger partial charge < -0.3 is 5.32 Å². The molecule has 1 aromatic heterocycles. The molecule has 0 spiro atoms. The van der Waals surface area contributed by atoms with Gasteiger partial charge in [-0.1, -0.05) is 79.7 Å². The van der Waals surface area contributed by atoms with Gasteiger partial charge in [-0.25, -0.2) is 4.68 Å². The van der Waals surface area contributed by atoms with Crippen LogP contribution in [0.15, 0.2) is 60.7 Å². The average molecular weight is 372 g/mol. The number of carbonyl (C=O) groups is 1. The number of carbonyl (C=O) groups excluding carboxylic acids is 1. The van der Waals surface area contributed by atoms with Crippen LogP contribution < -0.4 is 5.32 Å². The van der Waals surface area contributed by atoms with Crippen LogP contribution in [0.25, 0.3) is 11.3 Å². The summed E-state index contributed by atoms with van der Waals surface area (Å²) in [5, 5.41) is 12.7. The molecule has 3 aromatic rings. The average Bonchev–Trinajstić information content (AvgIpc) is 3.10. The number of hydrogen-bond acceptors (Lipinski definition) is 4. The van der Waals surface area contributed by atoms with Gasteiger partial charge >= 0.3 is 0 Å². The summed E-state index contributed by atoms with van der Waals surface area (Å²) in [7, 11) is 0. The molecule has 5 rings (SSSR count). The zero-order chi connectivity index (χ0) is 19.3. The summed E-state index contributed by atoms with van der Waals surface area (Å²) in [4.78, 5) is 13.2. The van der Waals surface area contributed by atoms with E-state index < -0.39 is 0 Å². The summed E-state index contributed by atoms with van der Waals surface area (Å²) in [6.45, 7) is 4.37. The van der Waals surface area contributed by atoms with Crippen LogP contribution in [0.3, 0.4) is 0 Å². The second-order valence-corrected chi connectivity index (χ2v) is 8.74. The molecule has 142 valence electrons. The van der Waals surface area contributed by atoms with Crippen LogP contribution in [0.2, 0.25) is 0 Å². The maximum atomic E-state index is 13.2. The van der Waals surface area contributed by atoms with Crippen molar-refractivity contribution in [3.63, 3.8) is 0 Å². The Hall–Kier alpha value is -2.95. The number of anilines is 1. The lowest BCUT2D eigenvalue weighted by Crippen LogP contribution is -2.52. The molecular weight excluding hydrogens is 348 g/mol. The fourth-order valence-electron chi connectivity index (χ4n) is 4.88. The van der Waals surface area contributed by atoms with Crippen molar-refractivity contribution in [3.05, 3.63) is 66.2 Å². The van der Waals surface area contributed by atoms with Crippen LogP contribution in [-0.2, 0) is 4.79 Å². The third-order valence-electron chi connectivity index (χ3n) is 6.04. The molecule has 2 aromatic carbocycles. The van der Waals surface area contributed by atoms with E-state index in [0.29, 0.717) is 12.2 Å². The topological polar surface area (TPSA) is 59.8 Å². The molecule has 2 aliphatic rings. The summed E-state index contributed by atoms with van der Waals surface area (Å²) in [6, 6.07) is 20.3. The lowest BCUT2D eigenvalue weighted by atomic mass is 9.66. The molecule has 3 atom stereocenters. The number of Topliss-reactive ketones (excluding diaryl/α,β-unsaturated/α-hetero) is 1. The third-order valence-corrected chi connectivity index (χ3v) is 6.04. The number of hydrogen-bond donors (Lipinski definition) is 1. The highest BCUT2D eigenvalue weighted by atomic mass is 16.1. The molecule has 28 heavy (non-hydrogen) atoms. The van der Waals surface area contributed by atoms with E-state index in [4.69, 9.17) is 0 Å². The van der Waals surface area contributed by atoms with Crippen molar-refractivity contribution in [3.8, 4) is 11.3 Å². The summed E-state index contributed by atoms with van der Waals surface area (Å²) in [5.74, 6) is 1.09. The van der Waals surface area contributed by atoms with Crippen LogP contribution >= 0.6 is 0 Å². The van der Waals surface area contributed by atoms with Crippen LogP contribution in [0.4, 0.5) is 5.82 Å². The van der Waals surface area contributed by atoms with E-state index in [1.165, 1.54) is 0 Å². The van der Waals surface area contributed by atoms with E-state index in [2.05, 4.69) is 41.6 Å². The Morgan fingerprint density at radius 3 is 2.43 bits per heavy atom. The molecule has 1 aliphatic heterocycles. The SMILES string of the molecule is CC1(C)CC(=O)C2C(C1)Nc1c(-c3ccccc3)nnn1C2c1ccccc1. The first-order chi connectivity index (χ1) is 13.5. The second kappa shape index (κ2) is 6.30. The molecule has 2 heterocycles. The van der Waals surface area contributed by atoms with Gasteiger partial charge in [0.15, 0.2) is 5.82 Å². The van der Waals surface area contributed by atoms with E-state index >= 15 is 0 Å². The maximum Gasteiger partial charge on any atom is 0.153 e. The molecule has 3 unspecified atom stereocenters. The van der Waals surface area contributed by atoms with Gasteiger partial charge in [0.05, 0.1) is 12.0 Å². The smallest absolute Gasteiger partial charge is 0.153 e. The number of nitrogens with zero attached hydrogens (tertiary/aromatic N) is 3. The number of benzene rings is 2. The van der Waals surface area contributed by atoms with Gasteiger partial charge in [-0.15, -0.1) is 5.10 Å². The van der Waals surface area contributed by atoms with Crippen molar-refractivity contribution >= 4 is 11.6 Å². The number of nitrogens with one attached hydrogen (secondary N) is 1. The Morgan fingerprint density at radius 1 is 1.04 bits per heavy atom. The molecule has 5 heteroatoms. The van der Waals surface area contributed by atoms with Gasteiger partial charge in [0.25, 0.3) is 0 Å². The minimum atomic E-state index is -0.131.